The van der Waals surface area contributed by atoms with Crippen molar-refractivity contribution >= 4 is 5.69 Å². The van der Waals surface area contributed by atoms with E-state index in [2.05, 4.69) is 47.5 Å². The number of hydrogen-bond acceptors (Lipinski definition) is 3. The molecule has 1 aromatic heterocycles. The van der Waals surface area contributed by atoms with Gasteiger partial charge in [-0.2, -0.15) is 0 Å². The number of anilines is 1. The Morgan fingerprint density at radius 2 is 2.05 bits per heavy atom. The highest BCUT2D eigenvalue weighted by molar-refractivity contribution is 5.46. The third kappa shape index (κ3) is 3.42. The Morgan fingerprint density at radius 3 is 2.75 bits per heavy atom. The van der Waals surface area contributed by atoms with E-state index in [1.165, 1.54) is 24.1 Å². The zero-order valence-corrected chi connectivity index (χ0v) is 12.0. The summed E-state index contributed by atoms with van der Waals surface area (Å²) in [4.78, 5) is 2.32. The van der Waals surface area contributed by atoms with Crippen LogP contribution in [0.3, 0.4) is 0 Å². The van der Waals surface area contributed by atoms with E-state index >= 15 is 0 Å². The molecule has 0 radical (unpaired) electrons. The van der Waals surface area contributed by atoms with Crippen LogP contribution in [0.25, 0.3) is 0 Å². The lowest BCUT2D eigenvalue weighted by atomic mass is 10.2. The summed E-state index contributed by atoms with van der Waals surface area (Å²) in [6.45, 7) is 4.89. The number of furan rings is 1. The normalized spacial score (nSPS) is 14.4. The lowest BCUT2D eigenvalue weighted by Crippen LogP contribution is -2.21. The molecule has 1 saturated carbocycles. The van der Waals surface area contributed by atoms with Crippen molar-refractivity contribution in [2.75, 3.05) is 11.4 Å². The highest BCUT2D eigenvalue weighted by atomic mass is 16.3. The summed E-state index contributed by atoms with van der Waals surface area (Å²) in [5.74, 6) is 1.03. The second-order valence-corrected chi connectivity index (χ2v) is 5.43. The average Bonchev–Trinajstić information content (AvgIpc) is 3.22. The molecule has 0 spiro atoms. The van der Waals surface area contributed by atoms with E-state index in [1.807, 2.05) is 12.3 Å². The summed E-state index contributed by atoms with van der Waals surface area (Å²) < 4.78 is 5.69. The van der Waals surface area contributed by atoms with Crippen molar-refractivity contribution in [1.29, 1.82) is 0 Å². The Kier molecular flexibility index (Phi) is 4.07. The molecule has 0 atom stereocenters. The van der Waals surface area contributed by atoms with Gasteiger partial charge in [0.05, 0.1) is 12.8 Å². The smallest absolute Gasteiger partial charge is 0.123 e. The molecule has 0 aliphatic heterocycles. The molecule has 1 aliphatic carbocycles. The van der Waals surface area contributed by atoms with Gasteiger partial charge in [-0.1, -0.05) is 18.2 Å². The van der Waals surface area contributed by atoms with Gasteiger partial charge in [-0.25, -0.2) is 0 Å². The molecular weight excluding hydrogens is 248 g/mol. The number of rotatable bonds is 7. The van der Waals surface area contributed by atoms with Crippen LogP contribution in [0, 0.1) is 0 Å². The van der Waals surface area contributed by atoms with E-state index in [0.717, 1.165) is 31.4 Å². The van der Waals surface area contributed by atoms with Crippen LogP contribution in [-0.2, 0) is 13.1 Å². The van der Waals surface area contributed by atoms with E-state index in [-0.39, 0.29) is 0 Å². The Balaban J connectivity index is 1.60. The minimum absolute atomic E-state index is 0.741. The van der Waals surface area contributed by atoms with Crippen molar-refractivity contribution in [1.82, 2.24) is 5.32 Å². The molecule has 3 rings (SSSR count). The summed E-state index contributed by atoms with van der Waals surface area (Å²) in [7, 11) is 0. The summed E-state index contributed by atoms with van der Waals surface area (Å²) >= 11 is 0. The van der Waals surface area contributed by atoms with Gasteiger partial charge >= 0.3 is 0 Å². The molecule has 1 aromatic carbocycles. The maximum Gasteiger partial charge on any atom is 0.123 e. The van der Waals surface area contributed by atoms with Gasteiger partial charge in [-0.15, -0.1) is 0 Å². The van der Waals surface area contributed by atoms with E-state index in [1.54, 1.807) is 0 Å². The van der Waals surface area contributed by atoms with Crippen molar-refractivity contribution in [2.45, 2.75) is 38.9 Å². The zero-order valence-electron chi connectivity index (χ0n) is 12.0. The Hall–Kier alpha value is -1.74. The van der Waals surface area contributed by atoms with Gasteiger partial charge in [-0.3, -0.25) is 0 Å². The molecule has 0 saturated heterocycles. The molecular formula is C17H22N2O. The van der Waals surface area contributed by atoms with Crippen molar-refractivity contribution in [3.05, 3.63) is 54.0 Å². The van der Waals surface area contributed by atoms with Gasteiger partial charge in [0.25, 0.3) is 0 Å². The predicted octanol–water partition coefficient (Wildman–Crippen LogP) is 3.56. The summed E-state index contributed by atoms with van der Waals surface area (Å²) in [5, 5.41) is 3.51. The molecule has 1 N–H and O–H groups in total. The maximum absolute atomic E-state index is 5.69. The highest BCUT2D eigenvalue weighted by Crippen LogP contribution is 2.21. The van der Waals surface area contributed by atoms with Gasteiger partial charge in [0.2, 0.25) is 0 Å². The van der Waals surface area contributed by atoms with Crippen LogP contribution in [0.5, 0.6) is 0 Å². The van der Waals surface area contributed by atoms with E-state index in [4.69, 9.17) is 4.42 Å². The Bertz CT molecular complexity index is 531. The summed E-state index contributed by atoms with van der Waals surface area (Å²) in [6.07, 6.45) is 4.52. The first-order valence-corrected chi connectivity index (χ1v) is 7.45. The van der Waals surface area contributed by atoms with Crippen LogP contribution in [0.1, 0.15) is 31.1 Å². The van der Waals surface area contributed by atoms with Crippen molar-refractivity contribution in [3.63, 3.8) is 0 Å². The van der Waals surface area contributed by atoms with Gasteiger partial charge in [0.15, 0.2) is 0 Å². The molecule has 106 valence electrons. The SMILES string of the molecule is CCN(Cc1cc(CNC2CC2)co1)c1ccccc1. The fourth-order valence-corrected chi connectivity index (χ4v) is 2.36. The van der Waals surface area contributed by atoms with Gasteiger partial charge in [-0.05, 0) is 38.0 Å². The molecule has 20 heavy (non-hydrogen) atoms. The van der Waals surface area contributed by atoms with Gasteiger partial charge in [0, 0.05) is 30.4 Å². The highest BCUT2D eigenvalue weighted by Gasteiger charge is 2.20. The first-order valence-electron chi connectivity index (χ1n) is 7.45. The van der Waals surface area contributed by atoms with Crippen molar-refractivity contribution in [2.24, 2.45) is 0 Å². The molecule has 3 heteroatoms. The quantitative estimate of drug-likeness (QED) is 0.834. The second-order valence-electron chi connectivity index (χ2n) is 5.43. The third-order valence-corrected chi connectivity index (χ3v) is 3.73. The van der Waals surface area contributed by atoms with Gasteiger partial charge in [0.1, 0.15) is 5.76 Å². The van der Waals surface area contributed by atoms with Crippen LogP contribution in [0.15, 0.2) is 47.1 Å². The van der Waals surface area contributed by atoms with Crippen LogP contribution in [-0.4, -0.2) is 12.6 Å². The molecule has 1 fully saturated rings. The molecule has 0 bridgehead atoms. The third-order valence-electron chi connectivity index (χ3n) is 3.73. The zero-order chi connectivity index (χ0) is 13.8. The first kappa shape index (κ1) is 13.3. The molecule has 1 aliphatic rings. The number of para-hydroxylation sites is 1. The Labute approximate surface area is 120 Å². The van der Waals surface area contributed by atoms with E-state index in [9.17, 15) is 0 Å². The second kappa shape index (κ2) is 6.14. The van der Waals surface area contributed by atoms with Crippen molar-refractivity contribution in [3.8, 4) is 0 Å². The summed E-state index contributed by atoms with van der Waals surface area (Å²) in [5.41, 5.74) is 2.49. The number of hydrogen-bond donors (Lipinski definition) is 1. The van der Waals surface area contributed by atoms with Crippen LogP contribution in [0.4, 0.5) is 5.69 Å². The predicted molar refractivity (Wildman–Crippen MR) is 81.7 cm³/mol. The number of nitrogens with one attached hydrogen (secondary N) is 1. The molecule has 1 heterocycles. The molecule has 0 amide bonds. The topological polar surface area (TPSA) is 28.4 Å². The number of nitrogens with zero attached hydrogens (tertiary/aromatic N) is 1. The fourth-order valence-electron chi connectivity index (χ4n) is 2.36. The van der Waals surface area contributed by atoms with Crippen molar-refractivity contribution < 1.29 is 4.42 Å². The fraction of sp³-hybridized carbons (Fsp3) is 0.412. The van der Waals surface area contributed by atoms with Crippen LogP contribution < -0.4 is 10.2 Å². The van der Waals surface area contributed by atoms with E-state index in [0.29, 0.717) is 0 Å². The van der Waals surface area contributed by atoms with Gasteiger partial charge < -0.3 is 14.6 Å². The average molecular weight is 270 g/mol. The molecule has 3 nitrogen and oxygen atoms in total. The molecule has 0 unspecified atom stereocenters. The lowest BCUT2D eigenvalue weighted by molar-refractivity contribution is 0.500. The first-order chi connectivity index (χ1) is 9.85. The maximum atomic E-state index is 5.69. The largest absolute Gasteiger partial charge is 0.467 e. The lowest BCUT2D eigenvalue weighted by Gasteiger charge is -2.21. The minimum Gasteiger partial charge on any atom is -0.467 e. The summed E-state index contributed by atoms with van der Waals surface area (Å²) in [6, 6.07) is 13.4. The van der Waals surface area contributed by atoms with Crippen LogP contribution >= 0.6 is 0 Å². The Morgan fingerprint density at radius 1 is 1.25 bits per heavy atom. The monoisotopic (exact) mass is 270 g/mol. The van der Waals surface area contributed by atoms with E-state index < -0.39 is 0 Å². The minimum atomic E-state index is 0.741. The molecule has 2 aromatic rings. The standard InChI is InChI=1S/C17H22N2O/c1-2-19(16-6-4-3-5-7-16)12-17-10-14(13-20-17)11-18-15-8-9-15/h3-7,10,13,15,18H,2,8-9,11-12H2,1H3. The van der Waals surface area contributed by atoms with Crippen LogP contribution in [0.2, 0.25) is 0 Å². The number of benzene rings is 1.